The molecule has 0 saturated carbocycles. The number of ether oxygens (including phenoxy) is 1. The van der Waals surface area contributed by atoms with Gasteiger partial charge in [-0.2, -0.15) is 0 Å². The van der Waals surface area contributed by atoms with Crippen LogP contribution in [0.25, 0.3) is 0 Å². The normalized spacial score (nSPS) is 10.2. The van der Waals surface area contributed by atoms with Crippen molar-refractivity contribution < 1.29 is 19.4 Å². The first kappa shape index (κ1) is 17.5. The van der Waals surface area contributed by atoms with Gasteiger partial charge in [-0.05, 0) is 54.8 Å². The molecule has 2 aromatic rings. The molecule has 0 unspecified atom stereocenters. The molecule has 0 heterocycles. The number of aryl methyl sites for hydroxylation is 1. The quantitative estimate of drug-likeness (QED) is 0.813. The molecular formula is C19H21NO4. The molecule has 2 N–H and O–H groups in total. The van der Waals surface area contributed by atoms with Crippen LogP contribution in [0, 0.1) is 6.92 Å². The van der Waals surface area contributed by atoms with Crippen molar-refractivity contribution >= 4 is 17.6 Å². The number of carbonyl (C=O) groups is 2. The number of hydrogen-bond donors (Lipinski definition) is 2. The summed E-state index contributed by atoms with van der Waals surface area (Å²) in [6.07, 6.45) is 1.15. The zero-order chi connectivity index (χ0) is 17.5. The molecule has 0 aromatic heterocycles. The third-order valence-electron chi connectivity index (χ3n) is 3.48. The van der Waals surface area contributed by atoms with Gasteiger partial charge in [0.15, 0.2) is 0 Å². The van der Waals surface area contributed by atoms with Gasteiger partial charge < -0.3 is 15.2 Å². The number of carboxylic acids is 1. The Morgan fingerprint density at radius 3 is 2.62 bits per heavy atom. The molecule has 0 fully saturated rings. The molecule has 0 aliphatic rings. The number of anilines is 1. The molecule has 0 aliphatic heterocycles. The maximum Gasteiger partial charge on any atom is 0.335 e. The van der Waals surface area contributed by atoms with E-state index in [1.54, 1.807) is 19.1 Å². The van der Waals surface area contributed by atoms with Gasteiger partial charge in [0.25, 0.3) is 0 Å². The standard InChI is InChI=1S/C19H21NO4/c1-3-9-24-16-6-4-5-14(11-16)12-18(21)20-15-7-8-17(19(22)23)13(2)10-15/h4-8,10-11H,3,9,12H2,1-2H3,(H,20,21)(H,22,23). The predicted octanol–water partition coefficient (Wildman–Crippen LogP) is 3.66. The summed E-state index contributed by atoms with van der Waals surface area (Å²) in [5.41, 5.74) is 2.28. The minimum Gasteiger partial charge on any atom is -0.494 e. The Bertz CT molecular complexity index is 740. The first-order valence-corrected chi connectivity index (χ1v) is 7.85. The van der Waals surface area contributed by atoms with Crippen LogP contribution in [-0.2, 0) is 11.2 Å². The lowest BCUT2D eigenvalue weighted by molar-refractivity contribution is -0.115. The lowest BCUT2D eigenvalue weighted by atomic mass is 10.1. The van der Waals surface area contributed by atoms with Crippen molar-refractivity contribution in [3.8, 4) is 5.75 Å². The van der Waals surface area contributed by atoms with Crippen molar-refractivity contribution in [1.29, 1.82) is 0 Å². The number of nitrogens with one attached hydrogen (secondary N) is 1. The van der Waals surface area contributed by atoms with Crippen LogP contribution in [0.2, 0.25) is 0 Å². The smallest absolute Gasteiger partial charge is 0.335 e. The van der Waals surface area contributed by atoms with Crippen molar-refractivity contribution in [3.63, 3.8) is 0 Å². The Morgan fingerprint density at radius 1 is 1.17 bits per heavy atom. The molecule has 0 saturated heterocycles. The van der Waals surface area contributed by atoms with Gasteiger partial charge in [-0.3, -0.25) is 4.79 Å². The highest BCUT2D eigenvalue weighted by molar-refractivity contribution is 5.94. The Morgan fingerprint density at radius 2 is 1.96 bits per heavy atom. The molecule has 2 aromatic carbocycles. The maximum atomic E-state index is 12.2. The van der Waals surface area contributed by atoms with E-state index >= 15 is 0 Å². The molecule has 0 bridgehead atoms. The zero-order valence-electron chi connectivity index (χ0n) is 13.8. The van der Waals surface area contributed by atoms with Crippen molar-refractivity contribution in [2.45, 2.75) is 26.7 Å². The number of carbonyl (C=O) groups excluding carboxylic acids is 1. The van der Waals surface area contributed by atoms with Gasteiger partial charge in [-0.1, -0.05) is 19.1 Å². The fraction of sp³-hybridized carbons (Fsp3) is 0.263. The maximum absolute atomic E-state index is 12.2. The lowest BCUT2D eigenvalue weighted by Gasteiger charge is -2.09. The summed E-state index contributed by atoms with van der Waals surface area (Å²) >= 11 is 0. The second-order valence-electron chi connectivity index (χ2n) is 5.56. The average Bonchev–Trinajstić information content (AvgIpc) is 2.53. The van der Waals surface area contributed by atoms with E-state index in [9.17, 15) is 9.59 Å². The summed E-state index contributed by atoms with van der Waals surface area (Å²) in [4.78, 5) is 23.2. The molecule has 1 amide bonds. The molecule has 126 valence electrons. The summed E-state index contributed by atoms with van der Waals surface area (Å²) in [6, 6.07) is 12.2. The van der Waals surface area contributed by atoms with Gasteiger partial charge in [0, 0.05) is 5.69 Å². The number of aromatic carboxylic acids is 1. The van der Waals surface area contributed by atoms with E-state index in [1.807, 2.05) is 31.2 Å². The van der Waals surface area contributed by atoms with E-state index in [2.05, 4.69) is 5.32 Å². The number of amides is 1. The first-order chi connectivity index (χ1) is 11.5. The summed E-state index contributed by atoms with van der Waals surface area (Å²) in [6.45, 7) is 4.38. The number of carboxylic acid groups (broad SMARTS) is 1. The minimum absolute atomic E-state index is 0.162. The largest absolute Gasteiger partial charge is 0.494 e. The van der Waals surface area contributed by atoms with E-state index in [0.29, 0.717) is 17.9 Å². The zero-order valence-corrected chi connectivity index (χ0v) is 13.8. The third-order valence-corrected chi connectivity index (χ3v) is 3.48. The summed E-state index contributed by atoms with van der Waals surface area (Å²) in [5.74, 6) is -0.386. The molecule has 0 radical (unpaired) electrons. The lowest BCUT2D eigenvalue weighted by Crippen LogP contribution is -2.15. The molecule has 0 spiro atoms. The van der Waals surface area contributed by atoms with E-state index in [-0.39, 0.29) is 17.9 Å². The Labute approximate surface area is 141 Å². The third kappa shape index (κ3) is 4.84. The van der Waals surface area contributed by atoms with Gasteiger partial charge in [0.1, 0.15) is 5.75 Å². The Hall–Kier alpha value is -2.82. The van der Waals surface area contributed by atoms with E-state index < -0.39 is 5.97 Å². The van der Waals surface area contributed by atoms with Crippen LogP contribution in [0.1, 0.15) is 34.8 Å². The second kappa shape index (κ2) is 8.15. The van der Waals surface area contributed by atoms with Gasteiger partial charge in [0.2, 0.25) is 5.91 Å². The van der Waals surface area contributed by atoms with Gasteiger partial charge in [0.05, 0.1) is 18.6 Å². The van der Waals surface area contributed by atoms with Crippen LogP contribution >= 0.6 is 0 Å². The van der Waals surface area contributed by atoms with Crippen LogP contribution in [0.3, 0.4) is 0 Å². The number of benzene rings is 2. The Kier molecular flexibility index (Phi) is 5.95. The Balaban J connectivity index is 2.00. The predicted molar refractivity (Wildman–Crippen MR) is 92.7 cm³/mol. The fourth-order valence-electron chi connectivity index (χ4n) is 2.34. The monoisotopic (exact) mass is 327 g/mol. The average molecular weight is 327 g/mol. The van der Waals surface area contributed by atoms with Gasteiger partial charge in [-0.15, -0.1) is 0 Å². The van der Waals surface area contributed by atoms with Crippen LogP contribution in [-0.4, -0.2) is 23.6 Å². The van der Waals surface area contributed by atoms with Crippen LogP contribution in [0.5, 0.6) is 5.75 Å². The van der Waals surface area contributed by atoms with E-state index in [4.69, 9.17) is 9.84 Å². The number of hydrogen-bond acceptors (Lipinski definition) is 3. The van der Waals surface area contributed by atoms with Crippen molar-refractivity contribution in [2.75, 3.05) is 11.9 Å². The SMILES string of the molecule is CCCOc1cccc(CC(=O)Nc2ccc(C(=O)O)c(C)c2)c1. The van der Waals surface area contributed by atoms with Crippen LogP contribution in [0.15, 0.2) is 42.5 Å². The van der Waals surface area contributed by atoms with Crippen molar-refractivity contribution in [2.24, 2.45) is 0 Å². The van der Waals surface area contributed by atoms with E-state index in [0.717, 1.165) is 17.7 Å². The molecular weight excluding hydrogens is 306 g/mol. The number of rotatable bonds is 7. The van der Waals surface area contributed by atoms with Gasteiger partial charge in [-0.25, -0.2) is 4.79 Å². The van der Waals surface area contributed by atoms with Crippen molar-refractivity contribution in [1.82, 2.24) is 0 Å². The molecule has 0 aliphatic carbocycles. The van der Waals surface area contributed by atoms with Crippen molar-refractivity contribution in [3.05, 3.63) is 59.2 Å². The summed E-state index contributed by atoms with van der Waals surface area (Å²) in [7, 11) is 0. The molecule has 5 nitrogen and oxygen atoms in total. The molecule has 5 heteroatoms. The van der Waals surface area contributed by atoms with Gasteiger partial charge >= 0.3 is 5.97 Å². The minimum atomic E-state index is -0.978. The summed E-state index contributed by atoms with van der Waals surface area (Å²) in [5, 5.41) is 11.8. The molecule has 24 heavy (non-hydrogen) atoms. The second-order valence-corrected chi connectivity index (χ2v) is 5.56. The molecule has 0 atom stereocenters. The summed E-state index contributed by atoms with van der Waals surface area (Å²) < 4.78 is 5.56. The first-order valence-electron chi connectivity index (χ1n) is 7.85. The highest BCUT2D eigenvalue weighted by Crippen LogP contribution is 2.17. The van der Waals surface area contributed by atoms with Crippen LogP contribution < -0.4 is 10.1 Å². The highest BCUT2D eigenvalue weighted by atomic mass is 16.5. The highest BCUT2D eigenvalue weighted by Gasteiger charge is 2.09. The van der Waals surface area contributed by atoms with E-state index in [1.165, 1.54) is 6.07 Å². The molecule has 2 rings (SSSR count). The topological polar surface area (TPSA) is 75.6 Å². The fourth-order valence-corrected chi connectivity index (χ4v) is 2.34. The van der Waals surface area contributed by atoms with Crippen LogP contribution in [0.4, 0.5) is 5.69 Å².